The molecule has 0 aliphatic carbocycles. The van der Waals surface area contributed by atoms with Crippen molar-refractivity contribution in [2.24, 2.45) is 5.10 Å². The highest BCUT2D eigenvalue weighted by molar-refractivity contribution is 5.88. The maximum Gasteiger partial charge on any atom is 0.335 e. The van der Waals surface area contributed by atoms with Crippen LogP contribution in [0.15, 0.2) is 29.4 Å². The zero-order valence-corrected chi connectivity index (χ0v) is 9.53. The lowest BCUT2D eigenvalue weighted by atomic mass is 10.2. The summed E-state index contributed by atoms with van der Waals surface area (Å²) in [6, 6.07) is 6.52. The van der Waals surface area contributed by atoms with E-state index in [1.165, 1.54) is 0 Å². The van der Waals surface area contributed by atoms with Crippen molar-refractivity contribution >= 4 is 17.4 Å². The van der Waals surface area contributed by atoms with Gasteiger partial charge < -0.3 is 5.11 Å². The average Bonchev–Trinajstić information content (AvgIpc) is 2.31. The predicted octanol–water partition coefficient (Wildman–Crippen LogP) is 2.97. The van der Waals surface area contributed by atoms with Crippen molar-refractivity contribution in [3.8, 4) is 0 Å². The monoisotopic (exact) mass is 220 g/mol. The molecule has 4 heteroatoms. The summed E-state index contributed by atoms with van der Waals surface area (Å²) in [5, 5.41) is 12.9. The molecule has 0 radical (unpaired) electrons. The second kappa shape index (κ2) is 5.90. The van der Waals surface area contributed by atoms with Gasteiger partial charge in [-0.15, -0.1) is 0 Å². The maximum absolute atomic E-state index is 10.6. The van der Waals surface area contributed by atoms with Crippen molar-refractivity contribution in [1.29, 1.82) is 0 Å². The molecule has 0 saturated carbocycles. The molecular formula is C12H16N2O2. The van der Waals surface area contributed by atoms with Crippen LogP contribution in [-0.2, 0) is 0 Å². The normalized spacial score (nSPS) is 9.62. The van der Waals surface area contributed by atoms with Gasteiger partial charge in [-0.2, -0.15) is 5.10 Å². The third-order valence-electron chi connectivity index (χ3n) is 2.29. The summed E-state index contributed by atoms with van der Waals surface area (Å²) >= 11 is 0. The summed E-state index contributed by atoms with van der Waals surface area (Å²) in [5.41, 5.74) is 5.07. The smallest absolute Gasteiger partial charge is 0.335 e. The number of carbonyl (C=O) groups is 1. The highest BCUT2D eigenvalue weighted by atomic mass is 16.4. The highest BCUT2D eigenvalue weighted by Gasteiger charge is 2.00. The van der Waals surface area contributed by atoms with Gasteiger partial charge in [-0.3, -0.25) is 5.43 Å². The van der Waals surface area contributed by atoms with Crippen LogP contribution in [0, 0.1) is 0 Å². The number of hydrazone groups is 1. The zero-order valence-electron chi connectivity index (χ0n) is 9.53. The Labute approximate surface area is 95.0 Å². The fourth-order valence-corrected chi connectivity index (χ4v) is 1.24. The molecule has 0 aliphatic rings. The third-order valence-corrected chi connectivity index (χ3v) is 2.29. The Balaban J connectivity index is 2.69. The van der Waals surface area contributed by atoms with E-state index in [1.807, 2.05) is 0 Å². The summed E-state index contributed by atoms with van der Waals surface area (Å²) in [6.45, 7) is 4.11. The first kappa shape index (κ1) is 12.2. The molecule has 4 nitrogen and oxygen atoms in total. The van der Waals surface area contributed by atoms with Crippen LogP contribution in [0.1, 0.15) is 37.0 Å². The fraction of sp³-hybridized carbons (Fsp3) is 0.333. The number of aromatic carboxylic acids is 1. The van der Waals surface area contributed by atoms with Crippen LogP contribution in [0.5, 0.6) is 0 Å². The first-order chi connectivity index (χ1) is 7.67. The minimum atomic E-state index is -0.919. The molecule has 1 aromatic carbocycles. The molecule has 2 N–H and O–H groups in total. The minimum Gasteiger partial charge on any atom is -0.478 e. The number of nitrogens with zero attached hydrogens (tertiary/aromatic N) is 1. The van der Waals surface area contributed by atoms with E-state index in [2.05, 4.69) is 24.4 Å². The molecule has 1 aromatic rings. The van der Waals surface area contributed by atoms with Crippen LogP contribution in [0.2, 0.25) is 0 Å². The van der Waals surface area contributed by atoms with Gasteiger partial charge in [0.25, 0.3) is 0 Å². The van der Waals surface area contributed by atoms with Gasteiger partial charge in [0.05, 0.1) is 11.3 Å². The molecule has 0 unspecified atom stereocenters. The molecule has 0 heterocycles. The molecule has 0 aliphatic heterocycles. The van der Waals surface area contributed by atoms with Crippen molar-refractivity contribution < 1.29 is 9.90 Å². The van der Waals surface area contributed by atoms with Crippen molar-refractivity contribution in [1.82, 2.24) is 0 Å². The van der Waals surface area contributed by atoms with E-state index < -0.39 is 5.97 Å². The molecule has 0 amide bonds. The van der Waals surface area contributed by atoms with Crippen molar-refractivity contribution in [3.05, 3.63) is 29.8 Å². The average molecular weight is 220 g/mol. The summed E-state index contributed by atoms with van der Waals surface area (Å²) in [4.78, 5) is 10.6. The molecule has 0 saturated heterocycles. The van der Waals surface area contributed by atoms with Gasteiger partial charge in [-0.25, -0.2) is 4.79 Å². The number of rotatable bonds is 5. The number of hydrogen-bond acceptors (Lipinski definition) is 3. The zero-order chi connectivity index (χ0) is 12.0. The Hall–Kier alpha value is -1.84. The van der Waals surface area contributed by atoms with E-state index in [9.17, 15) is 4.79 Å². The Morgan fingerprint density at radius 2 is 1.81 bits per heavy atom. The molecule has 1 rings (SSSR count). The van der Waals surface area contributed by atoms with Gasteiger partial charge in [-0.05, 0) is 37.1 Å². The second-order valence-corrected chi connectivity index (χ2v) is 3.38. The lowest BCUT2D eigenvalue weighted by molar-refractivity contribution is 0.0697. The molecule has 0 fully saturated rings. The lowest BCUT2D eigenvalue weighted by Gasteiger charge is -2.03. The second-order valence-electron chi connectivity index (χ2n) is 3.38. The molecular weight excluding hydrogens is 204 g/mol. The number of benzene rings is 1. The fourth-order valence-electron chi connectivity index (χ4n) is 1.24. The van der Waals surface area contributed by atoms with E-state index in [1.54, 1.807) is 24.3 Å². The number of hydrogen-bond donors (Lipinski definition) is 2. The van der Waals surface area contributed by atoms with Gasteiger partial charge in [0.1, 0.15) is 0 Å². The van der Waals surface area contributed by atoms with Crippen LogP contribution >= 0.6 is 0 Å². The van der Waals surface area contributed by atoms with Crippen LogP contribution < -0.4 is 5.43 Å². The number of anilines is 1. The first-order valence-corrected chi connectivity index (χ1v) is 5.32. The molecule has 16 heavy (non-hydrogen) atoms. The summed E-state index contributed by atoms with van der Waals surface area (Å²) < 4.78 is 0. The van der Waals surface area contributed by atoms with Gasteiger partial charge in [0, 0.05) is 5.71 Å². The Kier molecular flexibility index (Phi) is 4.51. The van der Waals surface area contributed by atoms with Gasteiger partial charge >= 0.3 is 5.97 Å². The van der Waals surface area contributed by atoms with Crippen molar-refractivity contribution in [2.75, 3.05) is 5.43 Å². The molecule has 86 valence electrons. The SMILES string of the molecule is CCC(CC)=NNc1ccc(C(=O)O)cc1. The Morgan fingerprint density at radius 1 is 1.25 bits per heavy atom. The van der Waals surface area contributed by atoms with Crippen LogP contribution in [0.4, 0.5) is 5.69 Å². The molecule has 0 atom stereocenters. The summed E-state index contributed by atoms with van der Waals surface area (Å²) in [5.74, 6) is -0.919. The highest BCUT2D eigenvalue weighted by Crippen LogP contribution is 2.09. The topological polar surface area (TPSA) is 61.7 Å². The van der Waals surface area contributed by atoms with Gasteiger partial charge in [-0.1, -0.05) is 13.8 Å². The van der Waals surface area contributed by atoms with E-state index in [0.29, 0.717) is 0 Å². The quantitative estimate of drug-likeness (QED) is 0.592. The van der Waals surface area contributed by atoms with E-state index >= 15 is 0 Å². The Morgan fingerprint density at radius 3 is 2.25 bits per heavy atom. The number of nitrogens with one attached hydrogen (secondary N) is 1. The number of carboxylic acids is 1. The van der Waals surface area contributed by atoms with Gasteiger partial charge in [0.15, 0.2) is 0 Å². The molecule has 0 aromatic heterocycles. The van der Waals surface area contributed by atoms with E-state index in [-0.39, 0.29) is 5.56 Å². The predicted molar refractivity (Wildman–Crippen MR) is 65.0 cm³/mol. The minimum absolute atomic E-state index is 0.278. The molecule has 0 spiro atoms. The van der Waals surface area contributed by atoms with Crippen LogP contribution in [0.3, 0.4) is 0 Å². The first-order valence-electron chi connectivity index (χ1n) is 5.32. The Bertz CT molecular complexity index is 377. The van der Waals surface area contributed by atoms with Crippen LogP contribution in [-0.4, -0.2) is 16.8 Å². The largest absolute Gasteiger partial charge is 0.478 e. The summed E-state index contributed by atoms with van der Waals surface area (Å²) in [7, 11) is 0. The van der Waals surface area contributed by atoms with Crippen LogP contribution in [0.25, 0.3) is 0 Å². The van der Waals surface area contributed by atoms with Gasteiger partial charge in [0.2, 0.25) is 0 Å². The van der Waals surface area contributed by atoms with Crippen molar-refractivity contribution in [3.63, 3.8) is 0 Å². The summed E-state index contributed by atoms with van der Waals surface area (Å²) in [6.07, 6.45) is 1.83. The molecule has 0 bridgehead atoms. The standard InChI is InChI=1S/C12H16N2O2/c1-3-10(4-2)13-14-11-7-5-9(6-8-11)12(15)16/h5-8,14H,3-4H2,1-2H3,(H,15,16). The van der Waals surface area contributed by atoms with E-state index in [4.69, 9.17) is 5.11 Å². The maximum atomic E-state index is 10.6. The number of carboxylic acid groups (broad SMARTS) is 1. The lowest BCUT2D eigenvalue weighted by Crippen LogP contribution is -2.00. The third kappa shape index (κ3) is 3.38. The van der Waals surface area contributed by atoms with Crippen molar-refractivity contribution in [2.45, 2.75) is 26.7 Å². The van der Waals surface area contributed by atoms with E-state index in [0.717, 1.165) is 24.2 Å².